The molecule has 0 aliphatic heterocycles. The van der Waals surface area contributed by atoms with Crippen molar-refractivity contribution in [2.24, 2.45) is 0 Å². The first-order valence-corrected chi connectivity index (χ1v) is 6.07. The largest absolute Gasteiger partial charge is 0.338 e. The average Bonchev–Trinajstić information content (AvgIpc) is 2.89. The highest BCUT2D eigenvalue weighted by atomic mass is 19.3. The zero-order valence-electron chi connectivity index (χ0n) is 10.9. The van der Waals surface area contributed by atoms with Crippen molar-refractivity contribution in [2.75, 3.05) is 0 Å². The van der Waals surface area contributed by atoms with Gasteiger partial charge in [0.05, 0.1) is 28.2 Å². The molecule has 2 aromatic heterocycles. The minimum absolute atomic E-state index is 0.139. The van der Waals surface area contributed by atoms with E-state index in [1.165, 1.54) is 6.20 Å². The van der Waals surface area contributed by atoms with E-state index in [9.17, 15) is 8.78 Å². The molecule has 0 saturated carbocycles. The minimum Gasteiger partial charge on any atom is -0.338 e. The molecule has 0 unspecified atom stereocenters. The van der Waals surface area contributed by atoms with E-state index in [2.05, 4.69) is 19.9 Å². The lowest BCUT2D eigenvalue weighted by atomic mass is 10.1. The second-order valence-electron chi connectivity index (χ2n) is 4.60. The van der Waals surface area contributed by atoms with Crippen molar-refractivity contribution < 1.29 is 8.78 Å². The first-order valence-electron chi connectivity index (χ1n) is 6.07. The number of nitriles is 1. The number of benzene rings is 1. The molecule has 0 radical (unpaired) electrons. The summed E-state index contributed by atoms with van der Waals surface area (Å²) in [6, 6.07) is 6.89. The summed E-state index contributed by atoms with van der Waals surface area (Å²) in [5.41, 5.74) is 1.39. The highest BCUT2D eigenvalue weighted by Crippen LogP contribution is 2.32. The topological polar surface area (TPSA) is 78.2 Å². The summed E-state index contributed by atoms with van der Waals surface area (Å²) >= 11 is 0. The minimum atomic E-state index is -3.10. The molecule has 1 aromatic carbocycles. The molecule has 21 heavy (non-hydrogen) atoms. The van der Waals surface area contributed by atoms with Crippen LogP contribution in [-0.4, -0.2) is 19.9 Å². The van der Waals surface area contributed by atoms with E-state index in [4.69, 9.17) is 5.26 Å². The number of alkyl halides is 2. The Bertz CT molecular complexity index is 858. The van der Waals surface area contributed by atoms with Crippen LogP contribution in [0, 0.1) is 11.3 Å². The molecular formula is C14H9F2N5. The lowest BCUT2D eigenvalue weighted by Crippen LogP contribution is -2.12. The van der Waals surface area contributed by atoms with Crippen molar-refractivity contribution in [1.29, 1.82) is 5.26 Å². The van der Waals surface area contributed by atoms with Crippen molar-refractivity contribution in [3.8, 4) is 17.5 Å². The van der Waals surface area contributed by atoms with Crippen molar-refractivity contribution in [3.63, 3.8) is 0 Å². The molecule has 7 heteroatoms. The molecule has 0 aliphatic rings. The molecule has 0 atom stereocenters. The zero-order valence-corrected chi connectivity index (χ0v) is 10.9. The van der Waals surface area contributed by atoms with Gasteiger partial charge in [0.2, 0.25) is 0 Å². The quantitative estimate of drug-likeness (QED) is 0.785. The Morgan fingerprint density at radius 1 is 1.33 bits per heavy atom. The van der Waals surface area contributed by atoms with E-state index in [0.29, 0.717) is 16.6 Å². The number of hydrogen-bond acceptors (Lipinski definition) is 4. The van der Waals surface area contributed by atoms with Gasteiger partial charge in [-0.25, -0.2) is 15.0 Å². The lowest BCUT2D eigenvalue weighted by Gasteiger charge is -2.12. The van der Waals surface area contributed by atoms with Crippen molar-refractivity contribution in [2.45, 2.75) is 12.8 Å². The standard InChI is InChI=1S/C14H9F2N5/c1-14(15,16)12-9(6-18-7-19-12)13-20-10-3-2-8(5-17)4-11(10)21-13/h2-4,6-7H,1H3,(H,20,21). The van der Waals surface area contributed by atoms with Gasteiger partial charge in [0.25, 0.3) is 5.92 Å². The van der Waals surface area contributed by atoms with Crippen LogP contribution in [0.1, 0.15) is 18.2 Å². The Labute approximate surface area is 118 Å². The molecule has 0 fully saturated rings. The van der Waals surface area contributed by atoms with Gasteiger partial charge in [-0.05, 0) is 18.2 Å². The maximum absolute atomic E-state index is 13.6. The van der Waals surface area contributed by atoms with Crippen molar-refractivity contribution >= 4 is 11.0 Å². The molecule has 3 aromatic rings. The van der Waals surface area contributed by atoms with E-state index >= 15 is 0 Å². The monoisotopic (exact) mass is 285 g/mol. The van der Waals surface area contributed by atoms with Crippen LogP contribution in [0.4, 0.5) is 8.78 Å². The van der Waals surface area contributed by atoms with E-state index < -0.39 is 11.6 Å². The van der Waals surface area contributed by atoms with Crippen LogP contribution < -0.4 is 0 Å². The van der Waals surface area contributed by atoms with Crippen LogP contribution in [-0.2, 0) is 5.92 Å². The Kier molecular flexibility index (Phi) is 2.87. The number of aromatic nitrogens is 4. The number of imidazole rings is 1. The predicted molar refractivity (Wildman–Crippen MR) is 71.4 cm³/mol. The molecule has 5 nitrogen and oxygen atoms in total. The molecule has 0 aliphatic carbocycles. The van der Waals surface area contributed by atoms with Crippen LogP contribution in [0.25, 0.3) is 22.4 Å². The van der Waals surface area contributed by atoms with Gasteiger partial charge in [-0.15, -0.1) is 0 Å². The highest BCUT2D eigenvalue weighted by Gasteiger charge is 2.31. The summed E-state index contributed by atoms with van der Waals surface area (Å²) in [5, 5.41) is 8.87. The Morgan fingerprint density at radius 3 is 2.86 bits per heavy atom. The van der Waals surface area contributed by atoms with E-state index in [-0.39, 0.29) is 11.4 Å². The third-order valence-electron chi connectivity index (χ3n) is 2.99. The van der Waals surface area contributed by atoms with Gasteiger partial charge >= 0.3 is 0 Å². The Balaban J connectivity index is 2.20. The number of nitrogens with zero attached hydrogens (tertiary/aromatic N) is 4. The fraction of sp³-hybridized carbons (Fsp3) is 0.143. The van der Waals surface area contributed by atoms with Gasteiger partial charge < -0.3 is 4.98 Å². The number of H-pyrrole nitrogens is 1. The summed E-state index contributed by atoms with van der Waals surface area (Å²) in [5.74, 6) is -2.85. The van der Waals surface area contributed by atoms with E-state index in [1.807, 2.05) is 6.07 Å². The van der Waals surface area contributed by atoms with Gasteiger partial charge in [-0.1, -0.05) is 0 Å². The molecule has 0 saturated heterocycles. The fourth-order valence-corrected chi connectivity index (χ4v) is 2.06. The Hall–Kier alpha value is -2.88. The zero-order chi connectivity index (χ0) is 15.0. The summed E-state index contributed by atoms with van der Waals surface area (Å²) in [7, 11) is 0. The molecule has 0 bridgehead atoms. The van der Waals surface area contributed by atoms with Gasteiger partial charge in [0, 0.05) is 13.1 Å². The maximum atomic E-state index is 13.6. The number of hydrogen-bond donors (Lipinski definition) is 1. The third kappa shape index (κ3) is 2.31. The highest BCUT2D eigenvalue weighted by molar-refractivity contribution is 5.81. The number of halogens is 2. The average molecular weight is 285 g/mol. The summed E-state index contributed by atoms with van der Waals surface area (Å²) < 4.78 is 27.2. The van der Waals surface area contributed by atoms with E-state index in [0.717, 1.165) is 13.3 Å². The second-order valence-corrected chi connectivity index (χ2v) is 4.60. The lowest BCUT2D eigenvalue weighted by molar-refractivity contribution is 0.0132. The van der Waals surface area contributed by atoms with Gasteiger partial charge in [0.1, 0.15) is 17.8 Å². The van der Waals surface area contributed by atoms with Crippen LogP contribution in [0.2, 0.25) is 0 Å². The van der Waals surface area contributed by atoms with Gasteiger partial charge in [0.15, 0.2) is 0 Å². The summed E-state index contributed by atoms with van der Waals surface area (Å²) in [6.07, 6.45) is 2.37. The van der Waals surface area contributed by atoms with Crippen molar-refractivity contribution in [1.82, 2.24) is 19.9 Å². The maximum Gasteiger partial charge on any atom is 0.287 e. The second kappa shape index (κ2) is 4.59. The first-order chi connectivity index (χ1) is 9.99. The van der Waals surface area contributed by atoms with Gasteiger partial charge in [-0.2, -0.15) is 14.0 Å². The van der Waals surface area contributed by atoms with Crippen LogP contribution >= 0.6 is 0 Å². The number of aromatic amines is 1. The molecule has 104 valence electrons. The summed E-state index contributed by atoms with van der Waals surface area (Å²) in [6.45, 7) is 0.773. The molecule has 3 rings (SSSR count). The smallest absolute Gasteiger partial charge is 0.287 e. The predicted octanol–water partition coefficient (Wildman–Crippen LogP) is 3.00. The normalized spacial score (nSPS) is 11.5. The molecule has 2 heterocycles. The first kappa shape index (κ1) is 13.1. The number of nitrogens with one attached hydrogen (secondary N) is 1. The van der Waals surface area contributed by atoms with Crippen molar-refractivity contribution in [3.05, 3.63) is 42.0 Å². The number of rotatable bonds is 2. The molecular weight excluding hydrogens is 276 g/mol. The van der Waals surface area contributed by atoms with Gasteiger partial charge in [-0.3, -0.25) is 0 Å². The third-order valence-corrected chi connectivity index (χ3v) is 2.99. The fourth-order valence-electron chi connectivity index (χ4n) is 2.06. The Morgan fingerprint density at radius 2 is 2.14 bits per heavy atom. The SMILES string of the molecule is CC(F)(F)c1ncncc1-c1nc2ccc(C#N)cc2[nH]1. The molecule has 0 spiro atoms. The van der Waals surface area contributed by atoms with Crippen LogP contribution in [0.3, 0.4) is 0 Å². The van der Waals surface area contributed by atoms with E-state index in [1.54, 1.807) is 18.2 Å². The summed E-state index contributed by atoms with van der Waals surface area (Å²) in [4.78, 5) is 14.6. The molecule has 1 N–H and O–H groups in total. The molecule has 0 amide bonds. The van der Waals surface area contributed by atoms with Crippen LogP contribution in [0.15, 0.2) is 30.7 Å². The number of fused-ring (bicyclic) bond motifs is 1. The van der Waals surface area contributed by atoms with Crippen LogP contribution in [0.5, 0.6) is 0 Å².